The fourth-order valence-corrected chi connectivity index (χ4v) is 2.15. The molecule has 0 saturated heterocycles. The number of hydrogen-bond acceptors (Lipinski definition) is 5. The Morgan fingerprint density at radius 1 is 1.35 bits per heavy atom. The first-order chi connectivity index (χ1) is 9.26. The van der Waals surface area contributed by atoms with E-state index in [9.17, 15) is 4.79 Å². The SMILES string of the molecule is CCNc1ncnc(NC(C)(C)CC(N)=O)c1C(C)C. The first-order valence-corrected chi connectivity index (χ1v) is 6.92. The van der Waals surface area contributed by atoms with E-state index in [0.29, 0.717) is 0 Å². The second kappa shape index (κ2) is 6.54. The second-order valence-electron chi connectivity index (χ2n) is 5.82. The minimum absolute atomic E-state index is 0.241. The van der Waals surface area contributed by atoms with Crippen LogP contribution in [0, 0.1) is 0 Å². The van der Waals surface area contributed by atoms with Crippen molar-refractivity contribution < 1.29 is 4.79 Å². The Hall–Kier alpha value is -1.85. The number of amides is 1. The number of carbonyl (C=O) groups excluding carboxylic acids is 1. The van der Waals surface area contributed by atoms with Crippen LogP contribution in [0.4, 0.5) is 11.6 Å². The predicted molar refractivity (Wildman–Crippen MR) is 81.8 cm³/mol. The van der Waals surface area contributed by atoms with Gasteiger partial charge in [0, 0.05) is 24.1 Å². The van der Waals surface area contributed by atoms with Gasteiger partial charge in [0.25, 0.3) is 0 Å². The Labute approximate surface area is 120 Å². The van der Waals surface area contributed by atoms with Gasteiger partial charge in [-0.25, -0.2) is 9.97 Å². The largest absolute Gasteiger partial charge is 0.370 e. The average Bonchev–Trinajstić information content (AvgIpc) is 2.26. The van der Waals surface area contributed by atoms with Crippen LogP contribution in [0.1, 0.15) is 52.5 Å². The zero-order valence-electron chi connectivity index (χ0n) is 12.9. The molecule has 0 unspecified atom stereocenters. The summed E-state index contributed by atoms with van der Waals surface area (Å²) < 4.78 is 0. The molecule has 0 aliphatic heterocycles. The number of nitrogens with zero attached hydrogens (tertiary/aromatic N) is 2. The number of nitrogens with one attached hydrogen (secondary N) is 2. The predicted octanol–water partition coefficient (Wildman–Crippen LogP) is 2.10. The Balaban J connectivity index is 3.11. The maximum absolute atomic E-state index is 11.1. The molecule has 0 aliphatic rings. The van der Waals surface area contributed by atoms with Crippen LogP contribution >= 0.6 is 0 Å². The molecule has 4 N–H and O–H groups in total. The highest BCUT2D eigenvalue weighted by Gasteiger charge is 2.24. The summed E-state index contributed by atoms with van der Waals surface area (Å²) in [6, 6.07) is 0. The van der Waals surface area contributed by atoms with Gasteiger partial charge in [0.2, 0.25) is 5.91 Å². The molecule has 6 nitrogen and oxygen atoms in total. The number of nitrogens with two attached hydrogens (primary N) is 1. The molecule has 20 heavy (non-hydrogen) atoms. The van der Waals surface area contributed by atoms with Gasteiger partial charge in [-0.3, -0.25) is 4.79 Å². The number of carbonyl (C=O) groups is 1. The summed E-state index contributed by atoms with van der Waals surface area (Å²) in [5, 5.41) is 6.55. The van der Waals surface area contributed by atoms with E-state index in [2.05, 4.69) is 34.4 Å². The molecule has 1 aromatic heterocycles. The summed E-state index contributed by atoms with van der Waals surface area (Å²) in [4.78, 5) is 19.7. The minimum Gasteiger partial charge on any atom is -0.370 e. The van der Waals surface area contributed by atoms with Gasteiger partial charge in [0.1, 0.15) is 18.0 Å². The molecule has 0 fully saturated rings. The highest BCUT2D eigenvalue weighted by molar-refractivity contribution is 5.76. The molecule has 0 atom stereocenters. The highest BCUT2D eigenvalue weighted by atomic mass is 16.1. The number of anilines is 2. The van der Waals surface area contributed by atoms with Gasteiger partial charge in [-0.1, -0.05) is 13.8 Å². The fourth-order valence-electron chi connectivity index (χ4n) is 2.15. The van der Waals surface area contributed by atoms with E-state index in [1.165, 1.54) is 6.33 Å². The fraction of sp³-hybridized carbons (Fsp3) is 0.643. The van der Waals surface area contributed by atoms with Crippen molar-refractivity contribution in [1.29, 1.82) is 0 Å². The minimum atomic E-state index is -0.451. The molecule has 1 aromatic rings. The summed E-state index contributed by atoms with van der Waals surface area (Å²) in [6.07, 6.45) is 1.76. The molecule has 6 heteroatoms. The molecule has 0 radical (unpaired) electrons. The van der Waals surface area contributed by atoms with Crippen molar-refractivity contribution in [3.05, 3.63) is 11.9 Å². The zero-order valence-corrected chi connectivity index (χ0v) is 12.9. The first kappa shape index (κ1) is 16.2. The number of rotatable bonds is 7. The summed E-state index contributed by atoms with van der Waals surface area (Å²) in [5.74, 6) is 1.50. The van der Waals surface area contributed by atoms with Gasteiger partial charge >= 0.3 is 0 Å². The lowest BCUT2D eigenvalue weighted by atomic mass is 9.98. The van der Waals surface area contributed by atoms with Gasteiger partial charge in [0.15, 0.2) is 0 Å². The van der Waals surface area contributed by atoms with Crippen LogP contribution in [-0.2, 0) is 4.79 Å². The maximum atomic E-state index is 11.1. The van der Waals surface area contributed by atoms with Gasteiger partial charge in [-0.15, -0.1) is 0 Å². The molecule has 1 amide bonds. The van der Waals surface area contributed by atoms with E-state index in [-0.39, 0.29) is 18.2 Å². The Kier molecular flexibility index (Phi) is 5.30. The molecule has 0 bridgehead atoms. The monoisotopic (exact) mass is 279 g/mol. The van der Waals surface area contributed by atoms with Crippen molar-refractivity contribution in [1.82, 2.24) is 9.97 Å². The van der Waals surface area contributed by atoms with Gasteiger partial charge in [-0.2, -0.15) is 0 Å². The van der Waals surface area contributed by atoms with Crippen LogP contribution < -0.4 is 16.4 Å². The second-order valence-corrected chi connectivity index (χ2v) is 5.82. The van der Waals surface area contributed by atoms with Crippen molar-refractivity contribution >= 4 is 17.5 Å². The van der Waals surface area contributed by atoms with E-state index in [4.69, 9.17) is 5.73 Å². The van der Waals surface area contributed by atoms with Crippen molar-refractivity contribution in [3.8, 4) is 0 Å². The van der Waals surface area contributed by atoms with E-state index < -0.39 is 5.54 Å². The van der Waals surface area contributed by atoms with Gasteiger partial charge in [-0.05, 0) is 26.7 Å². The Bertz CT molecular complexity index is 471. The quantitative estimate of drug-likeness (QED) is 0.710. The maximum Gasteiger partial charge on any atom is 0.219 e. The van der Waals surface area contributed by atoms with Crippen LogP contribution in [0.3, 0.4) is 0 Å². The lowest BCUT2D eigenvalue weighted by Crippen LogP contribution is -2.36. The van der Waals surface area contributed by atoms with Crippen molar-refractivity contribution in [2.45, 2.75) is 52.5 Å². The molecule has 0 aromatic carbocycles. The van der Waals surface area contributed by atoms with Crippen LogP contribution in [-0.4, -0.2) is 28.0 Å². The number of hydrogen-bond donors (Lipinski definition) is 3. The van der Waals surface area contributed by atoms with E-state index in [1.807, 2.05) is 20.8 Å². The first-order valence-electron chi connectivity index (χ1n) is 6.92. The van der Waals surface area contributed by atoms with E-state index in [1.54, 1.807) is 0 Å². The third-order valence-electron chi connectivity index (χ3n) is 2.88. The topological polar surface area (TPSA) is 92.9 Å². The van der Waals surface area contributed by atoms with Crippen LogP contribution in [0.5, 0.6) is 0 Å². The van der Waals surface area contributed by atoms with Gasteiger partial charge < -0.3 is 16.4 Å². The summed E-state index contributed by atoms with van der Waals surface area (Å²) in [6.45, 7) is 10.8. The normalized spacial score (nSPS) is 11.5. The lowest BCUT2D eigenvalue weighted by Gasteiger charge is -2.28. The molecule has 1 rings (SSSR count). The standard InChI is InChI=1S/C14H25N5O/c1-6-16-12-11(9(2)3)13(18-8-17-12)19-14(4,5)7-10(15)20/h8-9H,6-7H2,1-5H3,(H2,15,20)(H2,16,17,18,19). The van der Waals surface area contributed by atoms with E-state index in [0.717, 1.165) is 23.7 Å². The van der Waals surface area contributed by atoms with Crippen molar-refractivity contribution in [3.63, 3.8) is 0 Å². The summed E-state index contributed by atoms with van der Waals surface area (Å²) >= 11 is 0. The van der Waals surface area contributed by atoms with Crippen LogP contribution in [0.2, 0.25) is 0 Å². The van der Waals surface area contributed by atoms with E-state index >= 15 is 0 Å². The molecular weight excluding hydrogens is 254 g/mol. The Morgan fingerprint density at radius 2 is 1.95 bits per heavy atom. The van der Waals surface area contributed by atoms with Crippen LogP contribution in [0.15, 0.2) is 6.33 Å². The highest BCUT2D eigenvalue weighted by Crippen LogP contribution is 2.30. The number of primary amides is 1. The number of aromatic nitrogens is 2. The van der Waals surface area contributed by atoms with Crippen molar-refractivity contribution in [2.24, 2.45) is 5.73 Å². The summed E-state index contributed by atoms with van der Waals surface area (Å²) in [5.41, 5.74) is 5.85. The molecule has 0 aliphatic carbocycles. The average molecular weight is 279 g/mol. The zero-order chi connectivity index (χ0) is 15.3. The summed E-state index contributed by atoms with van der Waals surface area (Å²) in [7, 11) is 0. The van der Waals surface area contributed by atoms with Crippen LogP contribution in [0.25, 0.3) is 0 Å². The smallest absolute Gasteiger partial charge is 0.219 e. The third kappa shape index (κ3) is 4.36. The molecular formula is C14H25N5O. The van der Waals surface area contributed by atoms with Crippen molar-refractivity contribution in [2.75, 3.05) is 17.2 Å². The van der Waals surface area contributed by atoms with Gasteiger partial charge in [0.05, 0.1) is 0 Å². The molecule has 1 heterocycles. The third-order valence-corrected chi connectivity index (χ3v) is 2.88. The Morgan fingerprint density at radius 3 is 2.45 bits per heavy atom. The molecule has 0 spiro atoms. The lowest BCUT2D eigenvalue weighted by molar-refractivity contribution is -0.118. The molecule has 112 valence electrons. The molecule has 0 saturated carbocycles.